The Kier molecular flexibility index (Phi) is 3.97. The quantitative estimate of drug-likeness (QED) is 0.869. The van der Waals surface area contributed by atoms with Crippen molar-refractivity contribution in [1.82, 2.24) is 0 Å². The number of hydrogen-bond acceptors (Lipinski definition) is 2. The molecule has 6 heteroatoms. The lowest BCUT2D eigenvalue weighted by Crippen LogP contribution is -2.11. The Morgan fingerprint density at radius 2 is 1.63 bits per heavy atom. The molecule has 2 aromatic rings. The monoisotopic (exact) mass is 299 g/mol. The van der Waals surface area contributed by atoms with Gasteiger partial charge in [0.05, 0.1) is 10.6 Å². The molecule has 0 amide bonds. The van der Waals surface area contributed by atoms with Gasteiger partial charge in [-0.3, -0.25) is 0 Å². The van der Waals surface area contributed by atoms with E-state index in [1.54, 1.807) is 0 Å². The highest BCUT2D eigenvalue weighted by atomic mass is 35.5. The summed E-state index contributed by atoms with van der Waals surface area (Å²) in [7, 11) is 0. The molecule has 0 atom stereocenters. The van der Waals surface area contributed by atoms with E-state index in [0.29, 0.717) is 0 Å². The summed E-state index contributed by atoms with van der Waals surface area (Å²) in [6.45, 7) is 0. The van der Waals surface area contributed by atoms with Crippen LogP contribution in [-0.4, -0.2) is 4.99 Å². The maximum atomic E-state index is 13.1. The van der Waals surface area contributed by atoms with Crippen LogP contribution in [0.15, 0.2) is 36.4 Å². The number of benzene rings is 2. The third-order valence-electron chi connectivity index (χ3n) is 2.32. The van der Waals surface area contributed by atoms with E-state index >= 15 is 0 Å². The molecule has 0 bridgehead atoms. The Labute approximate surface area is 118 Å². The second-order valence-corrected chi connectivity index (χ2v) is 4.53. The molecule has 0 spiro atoms. The minimum absolute atomic E-state index is 0.00673. The first kappa shape index (κ1) is 13.7. The Bertz CT molecular complexity index is 649. The summed E-state index contributed by atoms with van der Waals surface area (Å²) in [5.41, 5.74) is 5.74. The molecule has 0 saturated carbocycles. The molecular weight excluding hydrogens is 292 g/mol. The van der Waals surface area contributed by atoms with Crippen molar-refractivity contribution < 1.29 is 13.5 Å². The first-order chi connectivity index (χ1) is 8.97. The molecular formula is C13H8ClF2NOS. The molecule has 0 aliphatic rings. The van der Waals surface area contributed by atoms with Gasteiger partial charge in [-0.2, -0.15) is 0 Å². The topological polar surface area (TPSA) is 35.2 Å². The van der Waals surface area contributed by atoms with E-state index < -0.39 is 11.6 Å². The van der Waals surface area contributed by atoms with Crippen LogP contribution in [-0.2, 0) is 0 Å². The van der Waals surface area contributed by atoms with Crippen LogP contribution < -0.4 is 10.5 Å². The van der Waals surface area contributed by atoms with Crippen LogP contribution in [0.1, 0.15) is 5.56 Å². The third kappa shape index (κ3) is 3.19. The molecule has 0 heterocycles. The molecule has 0 fully saturated rings. The third-order valence-corrected chi connectivity index (χ3v) is 2.84. The standard InChI is InChI=1S/C13H8ClF2NOS/c14-10-6-8(16)2-4-12(10)18-11-3-1-7(15)5-9(11)13(17)19/h1-6H,(H2,17,19). The summed E-state index contributed by atoms with van der Waals surface area (Å²) in [5.74, 6) is -0.485. The van der Waals surface area contributed by atoms with E-state index in [-0.39, 0.29) is 27.1 Å². The zero-order valence-corrected chi connectivity index (χ0v) is 11.1. The summed E-state index contributed by atoms with van der Waals surface area (Å²) in [5, 5.41) is 0.0956. The largest absolute Gasteiger partial charge is 0.455 e. The van der Waals surface area contributed by atoms with E-state index in [0.717, 1.165) is 12.1 Å². The Balaban J connectivity index is 2.40. The SMILES string of the molecule is NC(=S)c1cc(F)ccc1Oc1ccc(F)cc1Cl. The maximum absolute atomic E-state index is 13.1. The zero-order chi connectivity index (χ0) is 14.0. The van der Waals surface area contributed by atoms with Crippen LogP contribution in [0.3, 0.4) is 0 Å². The van der Waals surface area contributed by atoms with E-state index in [9.17, 15) is 8.78 Å². The lowest BCUT2D eigenvalue weighted by molar-refractivity contribution is 0.478. The van der Waals surface area contributed by atoms with Crippen molar-refractivity contribution in [1.29, 1.82) is 0 Å². The fraction of sp³-hybridized carbons (Fsp3) is 0. The second kappa shape index (κ2) is 5.50. The molecule has 0 saturated heterocycles. The molecule has 0 aromatic heterocycles. The summed E-state index contributed by atoms with van der Waals surface area (Å²) in [6.07, 6.45) is 0. The Morgan fingerprint density at radius 1 is 1.05 bits per heavy atom. The highest BCUT2D eigenvalue weighted by Crippen LogP contribution is 2.32. The molecule has 0 aliphatic carbocycles. The summed E-state index contributed by atoms with van der Waals surface area (Å²) in [6, 6.07) is 7.42. The fourth-order valence-corrected chi connectivity index (χ4v) is 1.83. The highest BCUT2D eigenvalue weighted by molar-refractivity contribution is 7.80. The van der Waals surface area contributed by atoms with Gasteiger partial charge >= 0.3 is 0 Å². The van der Waals surface area contributed by atoms with E-state index in [1.165, 1.54) is 24.3 Å². The van der Waals surface area contributed by atoms with Crippen molar-refractivity contribution >= 4 is 28.8 Å². The van der Waals surface area contributed by atoms with Crippen molar-refractivity contribution in [2.24, 2.45) is 5.73 Å². The van der Waals surface area contributed by atoms with Crippen LogP contribution in [0, 0.1) is 11.6 Å². The van der Waals surface area contributed by atoms with Crippen LogP contribution >= 0.6 is 23.8 Å². The maximum Gasteiger partial charge on any atom is 0.146 e. The number of hydrogen-bond donors (Lipinski definition) is 1. The van der Waals surface area contributed by atoms with Crippen molar-refractivity contribution in [2.75, 3.05) is 0 Å². The van der Waals surface area contributed by atoms with Gasteiger partial charge in [0.15, 0.2) is 0 Å². The smallest absolute Gasteiger partial charge is 0.146 e. The summed E-state index contributed by atoms with van der Waals surface area (Å²) < 4.78 is 31.5. The van der Waals surface area contributed by atoms with Gasteiger partial charge in [0.25, 0.3) is 0 Å². The van der Waals surface area contributed by atoms with E-state index in [4.69, 9.17) is 34.3 Å². The van der Waals surface area contributed by atoms with Crippen molar-refractivity contribution in [3.05, 3.63) is 58.6 Å². The lowest BCUT2D eigenvalue weighted by Gasteiger charge is -2.11. The number of ether oxygens (including phenoxy) is 1. The molecule has 98 valence electrons. The number of halogens is 3. The molecule has 2 rings (SSSR count). The van der Waals surface area contributed by atoms with Gasteiger partial charge in [0.1, 0.15) is 28.1 Å². The number of rotatable bonds is 3. The summed E-state index contributed by atoms with van der Waals surface area (Å²) in [4.78, 5) is -0.00673. The highest BCUT2D eigenvalue weighted by Gasteiger charge is 2.11. The van der Waals surface area contributed by atoms with E-state index in [1.807, 2.05) is 0 Å². The molecule has 2 N–H and O–H groups in total. The van der Waals surface area contributed by atoms with Gasteiger partial charge in [-0.05, 0) is 36.4 Å². The van der Waals surface area contributed by atoms with Gasteiger partial charge in [-0.15, -0.1) is 0 Å². The van der Waals surface area contributed by atoms with Gasteiger partial charge < -0.3 is 10.5 Å². The van der Waals surface area contributed by atoms with E-state index in [2.05, 4.69) is 0 Å². The fourth-order valence-electron chi connectivity index (χ4n) is 1.46. The molecule has 0 radical (unpaired) electrons. The first-order valence-electron chi connectivity index (χ1n) is 5.19. The molecule has 2 aromatic carbocycles. The lowest BCUT2D eigenvalue weighted by atomic mass is 10.2. The van der Waals surface area contributed by atoms with Crippen LogP contribution in [0.4, 0.5) is 8.78 Å². The van der Waals surface area contributed by atoms with Gasteiger partial charge in [-0.1, -0.05) is 23.8 Å². The Morgan fingerprint density at radius 3 is 2.21 bits per heavy atom. The molecule has 19 heavy (non-hydrogen) atoms. The van der Waals surface area contributed by atoms with Crippen molar-refractivity contribution in [2.45, 2.75) is 0 Å². The Hall–Kier alpha value is -1.72. The predicted octanol–water partition coefficient (Wildman–Crippen LogP) is 4.04. The number of nitrogens with two attached hydrogens (primary N) is 1. The molecule has 0 unspecified atom stereocenters. The normalized spacial score (nSPS) is 10.3. The van der Waals surface area contributed by atoms with Crippen LogP contribution in [0.5, 0.6) is 11.5 Å². The molecule has 0 aliphatic heterocycles. The average molecular weight is 300 g/mol. The van der Waals surface area contributed by atoms with Crippen molar-refractivity contribution in [3.63, 3.8) is 0 Å². The first-order valence-corrected chi connectivity index (χ1v) is 5.98. The van der Waals surface area contributed by atoms with Gasteiger partial charge in [0, 0.05) is 0 Å². The summed E-state index contributed by atoms with van der Waals surface area (Å²) >= 11 is 10.7. The van der Waals surface area contributed by atoms with Gasteiger partial charge in [0.2, 0.25) is 0 Å². The zero-order valence-electron chi connectivity index (χ0n) is 9.49. The van der Waals surface area contributed by atoms with Crippen LogP contribution in [0.2, 0.25) is 5.02 Å². The van der Waals surface area contributed by atoms with Crippen LogP contribution in [0.25, 0.3) is 0 Å². The number of thiocarbonyl (C=S) groups is 1. The second-order valence-electron chi connectivity index (χ2n) is 3.68. The predicted molar refractivity (Wildman–Crippen MR) is 73.8 cm³/mol. The van der Waals surface area contributed by atoms with Gasteiger partial charge in [-0.25, -0.2) is 8.78 Å². The molecule has 2 nitrogen and oxygen atoms in total. The minimum Gasteiger partial charge on any atom is -0.455 e. The van der Waals surface area contributed by atoms with Crippen molar-refractivity contribution in [3.8, 4) is 11.5 Å². The average Bonchev–Trinajstić information content (AvgIpc) is 2.34. The minimum atomic E-state index is -0.486.